The molecule has 5 fully saturated rings. The zero-order valence-electron chi connectivity index (χ0n) is 23.5. The van der Waals surface area contributed by atoms with Crippen LogP contribution in [-0.4, -0.2) is 16.6 Å². The van der Waals surface area contributed by atoms with Crippen LogP contribution < -0.4 is 5.73 Å². The van der Waals surface area contributed by atoms with E-state index < -0.39 is 16.9 Å². The molecule has 0 aromatic carbocycles. The molecular weight excluding hydrogens is 418 g/mol. The average Bonchev–Trinajstić information content (AvgIpc) is 2.75. The molecule has 0 bridgehead atoms. The summed E-state index contributed by atoms with van der Waals surface area (Å²) in [5.41, 5.74) is 5.24. The first-order valence-corrected chi connectivity index (χ1v) is 14.6. The summed E-state index contributed by atoms with van der Waals surface area (Å²) in [6.45, 7) is 19.9. The Kier molecular flexibility index (Phi) is 5.36. The molecule has 0 aromatic rings. The second kappa shape index (κ2) is 7.26. The Morgan fingerprint density at radius 2 is 1.44 bits per heavy atom. The molecule has 0 spiro atoms. The van der Waals surface area contributed by atoms with Crippen LogP contribution >= 0.6 is 0 Å². The number of nitrogens with two attached hydrogens (primary N) is 1. The predicted octanol–water partition coefficient (Wildman–Crippen LogP) is 6.96. The number of fused-ring (bicyclic) bond motifs is 7. The van der Waals surface area contributed by atoms with Crippen LogP contribution in [0.2, 0.25) is 0 Å². The number of amides is 1. The van der Waals surface area contributed by atoms with Crippen molar-refractivity contribution >= 4 is 5.91 Å². The number of aliphatic hydroxyl groups is 1. The largest absolute Gasteiger partial charge is 0.379 e. The van der Waals surface area contributed by atoms with Gasteiger partial charge >= 0.3 is 0 Å². The molecule has 34 heavy (non-hydrogen) atoms. The lowest BCUT2D eigenvalue weighted by molar-refractivity contribution is -0.286. The van der Waals surface area contributed by atoms with Crippen LogP contribution in [0.5, 0.6) is 0 Å². The Morgan fingerprint density at radius 3 is 2.09 bits per heavy atom. The van der Waals surface area contributed by atoms with Gasteiger partial charge in [-0.2, -0.15) is 0 Å². The molecule has 0 radical (unpaired) electrons. The lowest BCUT2D eigenvalue weighted by Crippen LogP contribution is -2.73. The molecule has 1 amide bonds. The first-order chi connectivity index (χ1) is 15.6. The summed E-state index contributed by atoms with van der Waals surface area (Å²) in [5, 5.41) is 12.1. The quantitative estimate of drug-likeness (QED) is 0.434. The molecule has 0 aromatic heterocycles. The van der Waals surface area contributed by atoms with E-state index in [-0.39, 0.29) is 16.2 Å². The molecule has 11 atom stereocenters. The molecule has 3 heteroatoms. The summed E-state index contributed by atoms with van der Waals surface area (Å²) in [5.74, 6) is 3.37. The van der Waals surface area contributed by atoms with Crippen molar-refractivity contribution in [1.29, 1.82) is 0 Å². The van der Waals surface area contributed by atoms with Gasteiger partial charge in [0, 0.05) is 5.41 Å². The summed E-state index contributed by atoms with van der Waals surface area (Å²) in [6, 6.07) is 0. The number of hydrogen-bond donors (Lipinski definition) is 2. The SMILES string of the molecule is C[C@@H]1[C@H]2[C@H]3CC[C@@H]4[C@]5(C)[C@@H](CC[C@@]4(C)[C@]3(C)CC[C@@]2(C)CC[C@H]1C)C(C)(C)CCC5(O)C(N)=O. The van der Waals surface area contributed by atoms with E-state index in [2.05, 4.69) is 55.4 Å². The summed E-state index contributed by atoms with van der Waals surface area (Å²) in [7, 11) is 0. The van der Waals surface area contributed by atoms with Gasteiger partial charge in [0.1, 0.15) is 5.60 Å². The fourth-order valence-electron chi connectivity index (χ4n) is 12.0. The zero-order chi connectivity index (χ0) is 25.1. The third kappa shape index (κ3) is 2.77. The third-order valence-corrected chi connectivity index (χ3v) is 14.5. The molecule has 0 saturated heterocycles. The van der Waals surface area contributed by atoms with Crippen LogP contribution in [0, 0.1) is 62.6 Å². The molecule has 0 heterocycles. The Morgan fingerprint density at radius 1 is 0.765 bits per heavy atom. The summed E-state index contributed by atoms with van der Waals surface area (Å²) in [4.78, 5) is 13.0. The van der Waals surface area contributed by atoms with Crippen LogP contribution in [0.3, 0.4) is 0 Å². The van der Waals surface area contributed by atoms with E-state index in [0.29, 0.717) is 23.7 Å². The maximum Gasteiger partial charge on any atom is 0.249 e. The minimum Gasteiger partial charge on any atom is -0.379 e. The Hall–Kier alpha value is -0.570. The normalized spacial score (nSPS) is 58.6. The first kappa shape index (κ1) is 25.1. The monoisotopic (exact) mass is 471 g/mol. The third-order valence-electron chi connectivity index (χ3n) is 14.5. The van der Waals surface area contributed by atoms with Crippen molar-refractivity contribution in [3.63, 3.8) is 0 Å². The Labute approximate surface area is 209 Å². The van der Waals surface area contributed by atoms with Crippen molar-refractivity contribution in [2.24, 2.45) is 68.3 Å². The van der Waals surface area contributed by atoms with E-state index in [1.807, 2.05) is 0 Å². The lowest BCUT2D eigenvalue weighted by atomic mass is 9.30. The van der Waals surface area contributed by atoms with E-state index in [4.69, 9.17) is 5.73 Å². The van der Waals surface area contributed by atoms with Gasteiger partial charge in [-0.3, -0.25) is 4.79 Å². The highest BCUT2D eigenvalue weighted by Gasteiger charge is 2.74. The number of carbonyl (C=O) groups excluding carboxylic acids is 1. The minimum atomic E-state index is -1.39. The molecule has 3 nitrogen and oxygen atoms in total. The Bertz CT molecular complexity index is 867. The lowest BCUT2D eigenvalue weighted by Gasteiger charge is -2.75. The minimum absolute atomic E-state index is 0.133. The van der Waals surface area contributed by atoms with E-state index in [9.17, 15) is 9.90 Å². The van der Waals surface area contributed by atoms with Gasteiger partial charge in [-0.1, -0.05) is 55.4 Å². The molecular formula is C31H53NO2. The van der Waals surface area contributed by atoms with E-state index >= 15 is 0 Å². The van der Waals surface area contributed by atoms with Gasteiger partial charge in [-0.05, 0) is 121 Å². The van der Waals surface area contributed by atoms with Crippen molar-refractivity contribution in [3.8, 4) is 0 Å². The van der Waals surface area contributed by atoms with Gasteiger partial charge in [0.25, 0.3) is 0 Å². The van der Waals surface area contributed by atoms with Crippen LogP contribution in [0.25, 0.3) is 0 Å². The van der Waals surface area contributed by atoms with Crippen molar-refractivity contribution in [1.82, 2.24) is 0 Å². The van der Waals surface area contributed by atoms with Gasteiger partial charge in [0.15, 0.2) is 0 Å². The molecule has 194 valence electrons. The maximum atomic E-state index is 13.0. The molecule has 3 N–H and O–H groups in total. The van der Waals surface area contributed by atoms with Gasteiger partial charge in [0.2, 0.25) is 5.91 Å². The molecule has 0 aliphatic heterocycles. The first-order valence-electron chi connectivity index (χ1n) is 14.6. The van der Waals surface area contributed by atoms with Crippen molar-refractivity contribution < 1.29 is 9.90 Å². The fourth-order valence-corrected chi connectivity index (χ4v) is 12.0. The smallest absolute Gasteiger partial charge is 0.249 e. The topological polar surface area (TPSA) is 63.3 Å². The molecule has 1 unspecified atom stereocenters. The summed E-state index contributed by atoms with van der Waals surface area (Å²) in [6.07, 6.45) is 11.6. The molecule has 5 aliphatic rings. The second-order valence-electron chi connectivity index (χ2n) is 15.7. The van der Waals surface area contributed by atoms with Crippen molar-refractivity contribution in [2.75, 3.05) is 0 Å². The fraction of sp³-hybridized carbons (Fsp3) is 0.968. The zero-order valence-corrected chi connectivity index (χ0v) is 23.5. The van der Waals surface area contributed by atoms with E-state index in [0.717, 1.165) is 42.9 Å². The molecule has 5 rings (SSSR count). The van der Waals surface area contributed by atoms with Gasteiger partial charge in [-0.15, -0.1) is 0 Å². The van der Waals surface area contributed by atoms with Gasteiger partial charge in [0.05, 0.1) is 0 Å². The predicted molar refractivity (Wildman–Crippen MR) is 139 cm³/mol. The second-order valence-corrected chi connectivity index (χ2v) is 15.7. The summed E-state index contributed by atoms with van der Waals surface area (Å²) >= 11 is 0. The number of carbonyl (C=O) groups is 1. The van der Waals surface area contributed by atoms with Crippen molar-refractivity contribution in [2.45, 2.75) is 125 Å². The van der Waals surface area contributed by atoms with E-state index in [1.165, 1.54) is 38.5 Å². The summed E-state index contributed by atoms with van der Waals surface area (Å²) < 4.78 is 0. The number of hydrogen-bond acceptors (Lipinski definition) is 2. The number of rotatable bonds is 1. The van der Waals surface area contributed by atoms with Gasteiger partial charge < -0.3 is 10.8 Å². The van der Waals surface area contributed by atoms with E-state index in [1.54, 1.807) is 0 Å². The average molecular weight is 472 g/mol. The molecule has 5 aliphatic carbocycles. The van der Waals surface area contributed by atoms with Crippen LogP contribution in [0.15, 0.2) is 0 Å². The highest BCUT2D eigenvalue weighted by molar-refractivity contribution is 5.84. The number of primary amides is 1. The van der Waals surface area contributed by atoms with Crippen molar-refractivity contribution in [3.05, 3.63) is 0 Å². The molecule has 5 saturated carbocycles. The van der Waals surface area contributed by atoms with Gasteiger partial charge in [-0.25, -0.2) is 0 Å². The van der Waals surface area contributed by atoms with Crippen LogP contribution in [0.4, 0.5) is 0 Å². The van der Waals surface area contributed by atoms with Crippen LogP contribution in [0.1, 0.15) is 120 Å². The highest BCUT2D eigenvalue weighted by atomic mass is 16.3. The standard InChI is InChI=1S/C31H53NO2/c1-19-11-13-27(5)16-17-28(6)21(24(27)20(19)2)9-10-23-29(28,7)14-12-22-26(3,4)15-18-31(34,25(32)33)30(22,23)8/h19-24,34H,9-18H2,1-8H3,(H2,32,33)/t19-,20+,21-,22+,23+,24+,27-,28-,29-,30+,31?/m1/s1. The highest BCUT2D eigenvalue weighted by Crippen LogP contribution is 2.78. The maximum absolute atomic E-state index is 13.0. The van der Waals surface area contributed by atoms with Crippen LogP contribution in [-0.2, 0) is 4.79 Å². The Balaban J connectivity index is 1.61.